The van der Waals surface area contributed by atoms with Crippen LogP contribution in [-0.4, -0.2) is 36.5 Å². The number of hydrogen-bond acceptors (Lipinski definition) is 2. The van der Waals surface area contributed by atoms with Crippen molar-refractivity contribution in [1.29, 1.82) is 0 Å². The monoisotopic (exact) mass is 240 g/mol. The van der Waals surface area contributed by atoms with Crippen molar-refractivity contribution in [3.63, 3.8) is 0 Å². The van der Waals surface area contributed by atoms with Gasteiger partial charge in [-0.15, -0.1) is 0 Å². The number of rotatable bonds is 2. The molecule has 2 aliphatic rings. The Bertz CT molecular complexity index is 290. The van der Waals surface area contributed by atoms with E-state index in [1.807, 2.05) is 6.92 Å². The molecule has 0 aromatic heterocycles. The topological polar surface area (TPSA) is 15.6 Å². The second-order valence-corrected chi connectivity index (χ2v) is 5.85. The van der Waals surface area contributed by atoms with E-state index in [2.05, 4.69) is 18.7 Å². The van der Waals surface area contributed by atoms with Gasteiger partial charge in [0.15, 0.2) is 0 Å². The molecule has 0 N–H and O–H groups in total. The molecule has 2 nitrogen and oxygen atoms in total. The van der Waals surface area contributed by atoms with Crippen molar-refractivity contribution < 1.29 is 4.39 Å². The maximum absolute atomic E-state index is 13.8. The van der Waals surface area contributed by atoms with Crippen LogP contribution in [0.2, 0.25) is 0 Å². The molecule has 3 heteroatoms. The molecule has 1 heterocycles. The van der Waals surface area contributed by atoms with Crippen LogP contribution in [0.4, 0.5) is 4.39 Å². The minimum absolute atomic E-state index is 0.240. The highest BCUT2D eigenvalue weighted by Gasteiger charge is 2.33. The summed E-state index contributed by atoms with van der Waals surface area (Å²) in [6, 6.07) is 0. The molecular formula is C14H25FN2. The van der Waals surface area contributed by atoms with Crippen LogP contribution in [-0.2, 0) is 0 Å². The van der Waals surface area contributed by atoms with Gasteiger partial charge in [-0.1, -0.05) is 13.8 Å². The molecule has 1 aliphatic carbocycles. The lowest BCUT2D eigenvalue weighted by Crippen LogP contribution is -2.45. The van der Waals surface area contributed by atoms with Gasteiger partial charge in [-0.3, -0.25) is 4.99 Å². The lowest BCUT2D eigenvalue weighted by atomic mass is 9.80. The Morgan fingerprint density at radius 1 is 1.35 bits per heavy atom. The van der Waals surface area contributed by atoms with Gasteiger partial charge in [0.2, 0.25) is 0 Å². The first-order valence-electron chi connectivity index (χ1n) is 7.05. The van der Waals surface area contributed by atoms with E-state index in [9.17, 15) is 4.39 Å². The zero-order chi connectivity index (χ0) is 12.4. The average molecular weight is 240 g/mol. The highest BCUT2D eigenvalue weighted by molar-refractivity contribution is 5.85. The summed E-state index contributed by atoms with van der Waals surface area (Å²) < 4.78 is 13.8. The van der Waals surface area contributed by atoms with Crippen LogP contribution in [0.1, 0.15) is 40.0 Å². The summed E-state index contributed by atoms with van der Waals surface area (Å²) in [5, 5.41) is 0. The Kier molecular flexibility index (Phi) is 4.05. The maximum atomic E-state index is 13.8. The van der Waals surface area contributed by atoms with Crippen molar-refractivity contribution in [2.75, 3.05) is 19.6 Å². The van der Waals surface area contributed by atoms with E-state index in [-0.39, 0.29) is 5.92 Å². The van der Waals surface area contributed by atoms with Crippen molar-refractivity contribution in [2.45, 2.75) is 46.2 Å². The van der Waals surface area contributed by atoms with E-state index < -0.39 is 6.17 Å². The van der Waals surface area contributed by atoms with Gasteiger partial charge in [-0.25, -0.2) is 4.39 Å². The fourth-order valence-electron chi connectivity index (χ4n) is 3.06. The first kappa shape index (κ1) is 12.8. The third-order valence-corrected chi connectivity index (χ3v) is 4.27. The van der Waals surface area contributed by atoms with Gasteiger partial charge in [0.1, 0.15) is 12.0 Å². The smallest absolute Gasteiger partial charge is 0.103 e. The quantitative estimate of drug-likeness (QED) is 0.724. The molecule has 98 valence electrons. The normalized spacial score (nSPS) is 39.1. The zero-order valence-electron chi connectivity index (χ0n) is 11.3. The van der Waals surface area contributed by atoms with Gasteiger partial charge in [0, 0.05) is 25.6 Å². The van der Waals surface area contributed by atoms with Crippen LogP contribution in [0.5, 0.6) is 0 Å². The van der Waals surface area contributed by atoms with E-state index in [1.54, 1.807) is 0 Å². The van der Waals surface area contributed by atoms with E-state index in [0.29, 0.717) is 18.3 Å². The van der Waals surface area contributed by atoms with E-state index in [4.69, 9.17) is 4.99 Å². The summed E-state index contributed by atoms with van der Waals surface area (Å²) in [6.07, 6.45) is 2.18. The number of aliphatic imine (C=N–C) groups is 1. The number of nitrogens with zero attached hydrogens (tertiary/aromatic N) is 2. The molecule has 0 spiro atoms. The Morgan fingerprint density at radius 2 is 2.12 bits per heavy atom. The molecule has 0 saturated heterocycles. The largest absolute Gasteiger partial charge is 0.360 e. The first-order valence-corrected chi connectivity index (χ1v) is 7.05. The van der Waals surface area contributed by atoms with E-state index >= 15 is 0 Å². The van der Waals surface area contributed by atoms with Gasteiger partial charge in [-0.2, -0.15) is 0 Å². The Hall–Kier alpha value is -0.600. The standard InChI is InChI=1S/C14H25FN2/c1-4-17-9-10(2)8-16-14(17)12-6-5-11(3)13(15)7-12/h10-13H,4-9H2,1-3H3. The fourth-order valence-corrected chi connectivity index (χ4v) is 3.06. The van der Waals surface area contributed by atoms with Crippen LogP contribution in [0.15, 0.2) is 4.99 Å². The third kappa shape index (κ3) is 2.80. The molecule has 4 unspecified atom stereocenters. The van der Waals surface area contributed by atoms with Crippen LogP contribution >= 0.6 is 0 Å². The SMILES string of the molecule is CCN1CC(C)CN=C1C1CCC(C)C(F)C1. The second-order valence-electron chi connectivity index (χ2n) is 5.85. The highest BCUT2D eigenvalue weighted by atomic mass is 19.1. The van der Waals surface area contributed by atoms with Crippen LogP contribution < -0.4 is 0 Å². The van der Waals surface area contributed by atoms with Crippen LogP contribution in [0.3, 0.4) is 0 Å². The third-order valence-electron chi connectivity index (χ3n) is 4.27. The van der Waals surface area contributed by atoms with Gasteiger partial charge in [-0.05, 0) is 38.0 Å². The second kappa shape index (κ2) is 5.36. The number of amidine groups is 1. The summed E-state index contributed by atoms with van der Waals surface area (Å²) in [7, 11) is 0. The van der Waals surface area contributed by atoms with Crippen molar-refractivity contribution in [1.82, 2.24) is 4.90 Å². The lowest BCUT2D eigenvalue weighted by molar-refractivity contribution is 0.153. The molecule has 17 heavy (non-hydrogen) atoms. The van der Waals surface area contributed by atoms with Gasteiger partial charge < -0.3 is 4.90 Å². The Balaban J connectivity index is 2.05. The summed E-state index contributed by atoms with van der Waals surface area (Å²) in [5.74, 6) is 2.45. The molecule has 2 rings (SSSR count). The highest BCUT2D eigenvalue weighted by Crippen LogP contribution is 2.33. The van der Waals surface area contributed by atoms with E-state index in [0.717, 1.165) is 32.5 Å². The van der Waals surface area contributed by atoms with E-state index in [1.165, 1.54) is 5.84 Å². The molecular weight excluding hydrogens is 215 g/mol. The minimum Gasteiger partial charge on any atom is -0.360 e. The van der Waals surface area contributed by atoms with Crippen LogP contribution in [0, 0.1) is 17.8 Å². The Morgan fingerprint density at radius 3 is 2.76 bits per heavy atom. The zero-order valence-corrected chi connectivity index (χ0v) is 11.3. The van der Waals surface area contributed by atoms with Crippen LogP contribution in [0.25, 0.3) is 0 Å². The van der Waals surface area contributed by atoms with Crippen molar-refractivity contribution in [3.8, 4) is 0 Å². The first-order chi connectivity index (χ1) is 8.11. The van der Waals surface area contributed by atoms with Crippen molar-refractivity contribution in [3.05, 3.63) is 0 Å². The maximum Gasteiger partial charge on any atom is 0.103 e. The number of halogens is 1. The molecule has 1 aliphatic heterocycles. The predicted octanol–water partition coefficient (Wildman–Crippen LogP) is 3.13. The lowest BCUT2D eigenvalue weighted by Gasteiger charge is -2.39. The van der Waals surface area contributed by atoms with Crippen molar-refractivity contribution >= 4 is 5.84 Å². The summed E-state index contributed by atoms with van der Waals surface area (Å²) in [4.78, 5) is 7.08. The molecule has 1 fully saturated rings. The van der Waals surface area contributed by atoms with Gasteiger partial charge in [0.05, 0.1) is 0 Å². The summed E-state index contributed by atoms with van der Waals surface area (Å²) in [5.41, 5.74) is 0. The number of alkyl halides is 1. The van der Waals surface area contributed by atoms with Gasteiger partial charge >= 0.3 is 0 Å². The molecule has 1 saturated carbocycles. The molecule has 4 atom stereocenters. The summed E-state index contributed by atoms with van der Waals surface area (Å²) in [6.45, 7) is 9.47. The minimum atomic E-state index is -0.630. The summed E-state index contributed by atoms with van der Waals surface area (Å²) >= 11 is 0. The molecule has 0 bridgehead atoms. The molecule has 0 aromatic carbocycles. The predicted molar refractivity (Wildman–Crippen MR) is 70.1 cm³/mol. The van der Waals surface area contributed by atoms with Crippen molar-refractivity contribution in [2.24, 2.45) is 22.7 Å². The molecule has 0 radical (unpaired) electrons. The van der Waals surface area contributed by atoms with Gasteiger partial charge in [0.25, 0.3) is 0 Å². The molecule has 0 aromatic rings. The number of hydrogen-bond donors (Lipinski definition) is 0. The molecule has 0 amide bonds. The fraction of sp³-hybridized carbons (Fsp3) is 0.929. The Labute approximate surface area is 104 Å². The average Bonchev–Trinajstić information content (AvgIpc) is 2.32.